The van der Waals surface area contributed by atoms with E-state index in [1.807, 2.05) is 52.0 Å². The van der Waals surface area contributed by atoms with Crippen molar-refractivity contribution in [1.82, 2.24) is 0 Å². The third kappa shape index (κ3) is 8.14. The van der Waals surface area contributed by atoms with Gasteiger partial charge in [0.2, 0.25) is 0 Å². The first-order chi connectivity index (χ1) is 15.5. The molecule has 0 amide bonds. The van der Waals surface area contributed by atoms with Gasteiger partial charge in [-0.15, -0.1) is 0 Å². The first-order valence-electron chi connectivity index (χ1n) is 11.8. The average molecular weight is 439 g/mol. The molecule has 0 aromatic heterocycles. The highest BCUT2D eigenvalue weighted by Crippen LogP contribution is 2.25. The smallest absolute Gasteiger partial charge is 0.150 e. The van der Waals surface area contributed by atoms with Gasteiger partial charge in [-0.3, -0.25) is 9.59 Å². The highest BCUT2D eigenvalue weighted by molar-refractivity contribution is 5.77. The van der Waals surface area contributed by atoms with E-state index < -0.39 is 0 Å². The Morgan fingerprint density at radius 1 is 0.531 bits per heavy atom. The molecular formula is C28H38O4. The molecule has 0 unspecified atom stereocenters. The van der Waals surface area contributed by atoms with Crippen molar-refractivity contribution in [2.24, 2.45) is 0 Å². The van der Waals surface area contributed by atoms with E-state index >= 15 is 0 Å². The Hall–Kier alpha value is -2.62. The van der Waals surface area contributed by atoms with Crippen molar-refractivity contribution in [1.29, 1.82) is 0 Å². The summed E-state index contributed by atoms with van der Waals surface area (Å²) in [7, 11) is 0. The number of hydrogen-bond acceptors (Lipinski definition) is 4. The number of unbranched alkanes of at least 4 members (excludes halogenated alkanes) is 7. The van der Waals surface area contributed by atoms with E-state index in [1.165, 1.54) is 38.5 Å². The second-order valence-corrected chi connectivity index (χ2v) is 8.73. The Kier molecular flexibility index (Phi) is 11.0. The van der Waals surface area contributed by atoms with Crippen molar-refractivity contribution in [2.45, 2.75) is 79.1 Å². The number of ether oxygens (including phenoxy) is 2. The second kappa shape index (κ2) is 13.7. The van der Waals surface area contributed by atoms with Crippen LogP contribution in [0.3, 0.4) is 0 Å². The molecule has 2 aromatic rings. The molecule has 0 fully saturated rings. The third-order valence-corrected chi connectivity index (χ3v) is 5.77. The summed E-state index contributed by atoms with van der Waals surface area (Å²) in [4.78, 5) is 21.9. The third-order valence-electron chi connectivity index (χ3n) is 5.77. The number of rotatable bonds is 15. The fourth-order valence-electron chi connectivity index (χ4n) is 4.17. The summed E-state index contributed by atoms with van der Waals surface area (Å²) in [5.41, 5.74) is 5.52. The van der Waals surface area contributed by atoms with E-state index in [2.05, 4.69) is 0 Å². The summed E-state index contributed by atoms with van der Waals surface area (Å²) in [5, 5.41) is 0. The van der Waals surface area contributed by atoms with Gasteiger partial charge in [0.15, 0.2) is 0 Å². The van der Waals surface area contributed by atoms with Gasteiger partial charge in [-0.2, -0.15) is 0 Å². The van der Waals surface area contributed by atoms with Crippen LogP contribution in [0.15, 0.2) is 24.3 Å². The molecule has 0 saturated carbocycles. The summed E-state index contributed by atoms with van der Waals surface area (Å²) < 4.78 is 11.9. The first-order valence-corrected chi connectivity index (χ1v) is 11.8. The summed E-state index contributed by atoms with van der Waals surface area (Å²) >= 11 is 0. The lowest BCUT2D eigenvalue weighted by molar-refractivity contribution is 0.111. The highest BCUT2D eigenvalue weighted by Gasteiger charge is 2.07. The minimum atomic E-state index is 0.706. The van der Waals surface area contributed by atoms with E-state index in [-0.39, 0.29) is 0 Å². The fourth-order valence-corrected chi connectivity index (χ4v) is 4.17. The predicted molar refractivity (Wildman–Crippen MR) is 131 cm³/mol. The zero-order valence-corrected chi connectivity index (χ0v) is 20.2. The molecule has 0 saturated heterocycles. The van der Waals surface area contributed by atoms with Gasteiger partial charge in [-0.25, -0.2) is 0 Å². The molecule has 2 aromatic carbocycles. The number of carbonyl (C=O) groups excluding carboxylic acids is 2. The zero-order chi connectivity index (χ0) is 23.3. The van der Waals surface area contributed by atoms with Gasteiger partial charge in [0.1, 0.15) is 24.1 Å². The van der Waals surface area contributed by atoms with Crippen molar-refractivity contribution >= 4 is 12.6 Å². The van der Waals surface area contributed by atoms with Crippen molar-refractivity contribution in [2.75, 3.05) is 13.2 Å². The van der Waals surface area contributed by atoms with Crippen LogP contribution in [0.5, 0.6) is 11.5 Å². The summed E-state index contributed by atoms with van der Waals surface area (Å²) in [6.07, 6.45) is 11.3. The van der Waals surface area contributed by atoms with Crippen molar-refractivity contribution in [3.63, 3.8) is 0 Å². The molecule has 0 aliphatic rings. The van der Waals surface area contributed by atoms with Gasteiger partial charge in [-0.05, 0) is 87.1 Å². The van der Waals surface area contributed by atoms with Gasteiger partial charge in [0.05, 0.1) is 13.2 Å². The van der Waals surface area contributed by atoms with E-state index in [0.29, 0.717) is 11.1 Å². The van der Waals surface area contributed by atoms with Crippen molar-refractivity contribution in [3.05, 3.63) is 57.6 Å². The Labute approximate surface area is 193 Å². The molecule has 0 atom stereocenters. The normalized spacial score (nSPS) is 10.8. The average Bonchev–Trinajstić information content (AvgIpc) is 2.77. The van der Waals surface area contributed by atoms with Crippen molar-refractivity contribution in [3.8, 4) is 11.5 Å². The van der Waals surface area contributed by atoms with E-state index in [9.17, 15) is 9.59 Å². The molecule has 0 aliphatic carbocycles. The lowest BCUT2D eigenvalue weighted by Crippen LogP contribution is -2.02. The first kappa shape index (κ1) is 25.6. The number of carbonyl (C=O) groups is 2. The predicted octanol–water partition coefficient (Wildman–Crippen LogP) is 7.12. The molecule has 0 N–H and O–H groups in total. The highest BCUT2D eigenvalue weighted by atomic mass is 16.5. The van der Waals surface area contributed by atoms with Crippen LogP contribution in [0.1, 0.15) is 94.3 Å². The van der Waals surface area contributed by atoms with E-state index in [0.717, 1.165) is 72.4 Å². The summed E-state index contributed by atoms with van der Waals surface area (Å²) in [5.74, 6) is 1.84. The molecule has 0 bridgehead atoms. The zero-order valence-electron chi connectivity index (χ0n) is 20.2. The largest absolute Gasteiger partial charge is 0.493 e. The number of aryl methyl sites for hydroxylation is 4. The van der Waals surface area contributed by atoms with Gasteiger partial charge in [0, 0.05) is 11.1 Å². The molecule has 4 heteroatoms. The van der Waals surface area contributed by atoms with Gasteiger partial charge in [0.25, 0.3) is 0 Å². The topological polar surface area (TPSA) is 52.6 Å². The maximum Gasteiger partial charge on any atom is 0.150 e. The lowest BCUT2D eigenvalue weighted by Gasteiger charge is -2.13. The van der Waals surface area contributed by atoms with Crippen LogP contribution in [0.4, 0.5) is 0 Å². The van der Waals surface area contributed by atoms with Crippen LogP contribution >= 0.6 is 0 Å². The molecule has 32 heavy (non-hydrogen) atoms. The Morgan fingerprint density at radius 2 is 0.812 bits per heavy atom. The standard InChI is InChI=1S/C28H38O4/c1-21-15-25(19-29)16-22(2)27(21)31-13-11-9-7-5-6-8-10-12-14-32-28-23(3)17-26(20-30)18-24(28)4/h15-20H,5-14H2,1-4H3. The summed E-state index contributed by atoms with van der Waals surface area (Å²) in [6, 6.07) is 7.52. The quantitative estimate of drug-likeness (QED) is 0.219. The number of benzene rings is 2. The van der Waals surface area contributed by atoms with Gasteiger partial charge in [-0.1, -0.05) is 38.5 Å². The minimum Gasteiger partial charge on any atom is -0.493 e. The molecule has 4 nitrogen and oxygen atoms in total. The molecule has 0 aliphatic heterocycles. The number of aldehydes is 2. The van der Waals surface area contributed by atoms with Gasteiger partial charge < -0.3 is 9.47 Å². The molecule has 2 rings (SSSR count). The van der Waals surface area contributed by atoms with Crippen LogP contribution in [0, 0.1) is 27.7 Å². The Morgan fingerprint density at radius 3 is 1.09 bits per heavy atom. The Bertz CT molecular complexity index is 765. The van der Waals surface area contributed by atoms with Gasteiger partial charge >= 0.3 is 0 Å². The maximum absolute atomic E-state index is 10.9. The molecular weight excluding hydrogens is 400 g/mol. The van der Waals surface area contributed by atoms with Crippen LogP contribution < -0.4 is 9.47 Å². The monoisotopic (exact) mass is 438 g/mol. The van der Waals surface area contributed by atoms with Crippen LogP contribution in [0.2, 0.25) is 0 Å². The molecule has 0 radical (unpaired) electrons. The second-order valence-electron chi connectivity index (χ2n) is 8.73. The lowest BCUT2D eigenvalue weighted by atomic mass is 10.1. The molecule has 0 heterocycles. The van der Waals surface area contributed by atoms with Crippen LogP contribution in [-0.4, -0.2) is 25.8 Å². The maximum atomic E-state index is 10.9. The van der Waals surface area contributed by atoms with Crippen LogP contribution in [0.25, 0.3) is 0 Å². The Balaban J connectivity index is 1.49. The fraction of sp³-hybridized carbons (Fsp3) is 0.500. The number of hydrogen-bond donors (Lipinski definition) is 0. The molecule has 174 valence electrons. The van der Waals surface area contributed by atoms with E-state index in [4.69, 9.17) is 9.47 Å². The SMILES string of the molecule is Cc1cc(C=O)cc(C)c1OCCCCCCCCCCOc1c(C)cc(C=O)cc1C. The summed E-state index contributed by atoms with van der Waals surface area (Å²) in [6.45, 7) is 9.43. The van der Waals surface area contributed by atoms with Crippen molar-refractivity contribution < 1.29 is 19.1 Å². The minimum absolute atomic E-state index is 0.706. The molecule has 0 spiro atoms. The van der Waals surface area contributed by atoms with Crippen LogP contribution in [-0.2, 0) is 0 Å². The van der Waals surface area contributed by atoms with E-state index in [1.54, 1.807) is 0 Å².